The summed E-state index contributed by atoms with van der Waals surface area (Å²) in [5.74, 6) is 0.973. The molecule has 0 aliphatic heterocycles. The molecule has 0 spiro atoms. The minimum atomic E-state index is -0.0646. The summed E-state index contributed by atoms with van der Waals surface area (Å²) in [5, 5.41) is 17.0. The summed E-state index contributed by atoms with van der Waals surface area (Å²) >= 11 is 5.05. The third-order valence-corrected chi connectivity index (χ3v) is 6.47. The minimum absolute atomic E-state index is 0.0646. The lowest BCUT2D eigenvalue weighted by molar-refractivity contribution is 0.0953. The summed E-state index contributed by atoms with van der Waals surface area (Å²) in [6, 6.07) is 7.95. The van der Waals surface area contributed by atoms with Crippen LogP contribution in [0, 0.1) is 0 Å². The zero-order valence-corrected chi connectivity index (χ0v) is 19.3. The van der Waals surface area contributed by atoms with Crippen molar-refractivity contribution in [3.8, 4) is 5.69 Å². The van der Waals surface area contributed by atoms with E-state index in [9.17, 15) is 4.79 Å². The van der Waals surface area contributed by atoms with Crippen molar-refractivity contribution in [1.29, 1.82) is 0 Å². The zero-order chi connectivity index (χ0) is 20.9. The van der Waals surface area contributed by atoms with Gasteiger partial charge in [-0.15, -0.1) is 10.2 Å². The van der Waals surface area contributed by atoms with Gasteiger partial charge >= 0.3 is 0 Å². The number of hydrogen-bond acceptors (Lipinski definition) is 5. The van der Waals surface area contributed by atoms with Crippen LogP contribution in [0.3, 0.4) is 0 Å². The van der Waals surface area contributed by atoms with Gasteiger partial charge in [-0.3, -0.25) is 4.79 Å². The summed E-state index contributed by atoms with van der Waals surface area (Å²) in [4.78, 5) is 12.5. The predicted octanol–water partition coefficient (Wildman–Crippen LogP) is 4.43. The summed E-state index contributed by atoms with van der Waals surface area (Å²) in [6.45, 7) is 0.610. The van der Waals surface area contributed by atoms with Crippen LogP contribution in [0.15, 0.2) is 46.3 Å². The smallest absolute Gasteiger partial charge is 0.251 e. The van der Waals surface area contributed by atoms with E-state index in [1.54, 1.807) is 22.6 Å². The van der Waals surface area contributed by atoms with Crippen LogP contribution in [0.1, 0.15) is 54.3 Å². The quantitative estimate of drug-likeness (QED) is 0.374. The van der Waals surface area contributed by atoms with Crippen molar-refractivity contribution < 1.29 is 4.79 Å². The topological polar surface area (TPSA) is 77.6 Å². The van der Waals surface area contributed by atoms with Crippen LogP contribution in [0.25, 0.3) is 5.69 Å². The fourth-order valence-electron chi connectivity index (χ4n) is 3.90. The fraction of sp³-hybridized carbons (Fsp3) is 0.429. The predicted molar refractivity (Wildman–Crippen MR) is 121 cm³/mol. The van der Waals surface area contributed by atoms with Crippen LogP contribution in [0.2, 0.25) is 0 Å². The first-order valence-electron chi connectivity index (χ1n) is 10.2. The first-order valence-corrected chi connectivity index (χ1v) is 12.2. The van der Waals surface area contributed by atoms with Crippen LogP contribution in [-0.2, 0) is 6.42 Å². The fourth-order valence-corrected chi connectivity index (χ4v) is 4.76. The highest BCUT2D eigenvalue weighted by Gasteiger charge is 2.23. The number of amides is 1. The van der Waals surface area contributed by atoms with Gasteiger partial charge in [-0.1, -0.05) is 24.6 Å². The summed E-state index contributed by atoms with van der Waals surface area (Å²) in [6.07, 6.45) is 12.3. The van der Waals surface area contributed by atoms with Crippen LogP contribution >= 0.6 is 27.7 Å². The van der Waals surface area contributed by atoms with Crippen LogP contribution in [-0.4, -0.2) is 43.3 Å². The van der Waals surface area contributed by atoms with Gasteiger partial charge in [0.25, 0.3) is 5.91 Å². The van der Waals surface area contributed by atoms with Crippen molar-refractivity contribution in [3.63, 3.8) is 0 Å². The second-order valence-corrected chi connectivity index (χ2v) is 9.11. The highest BCUT2D eigenvalue weighted by atomic mass is 79.9. The van der Waals surface area contributed by atoms with E-state index in [0.717, 1.165) is 34.0 Å². The standard InChI is InChI=1S/C21H25BrN6OS/c1-30-21-26-25-19(28(21)18-5-2-3-6-18)7-4-12-23-20(29)15-8-10-17(11-9-15)27-14-16(22)13-24-27/h8-11,13-14,18H,2-7,12H2,1H3,(H,23,29). The van der Waals surface area contributed by atoms with Crippen molar-refractivity contribution in [1.82, 2.24) is 29.9 Å². The minimum Gasteiger partial charge on any atom is -0.352 e. The molecule has 1 aromatic carbocycles. The average molecular weight is 489 g/mol. The molecule has 0 atom stereocenters. The molecule has 0 radical (unpaired) electrons. The van der Waals surface area contributed by atoms with Gasteiger partial charge in [-0.2, -0.15) is 5.10 Å². The Hall–Kier alpha value is -2.13. The van der Waals surface area contributed by atoms with Crippen molar-refractivity contribution in [2.24, 2.45) is 0 Å². The molecule has 1 saturated carbocycles. The highest BCUT2D eigenvalue weighted by Crippen LogP contribution is 2.33. The third kappa shape index (κ3) is 4.78. The molecule has 1 aliphatic carbocycles. The van der Waals surface area contributed by atoms with E-state index in [2.05, 4.69) is 47.4 Å². The van der Waals surface area contributed by atoms with E-state index in [1.807, 2.05) is 30.5 Å². The number of rotatable bonds is 8. The Labute approximate surface area is 188 Å². The van der Waals surface area contributed by atoms with Gasteiger partial charge in [0.05, 0.1) is 16.4 Å². The molecular weight excluding hydrogens is 464 g/mol. The maximum Gasteiger partial charge on any atom is 0.251 e. The summed E-state index contributed by atoms with van der Waals surface area (Å²) < 4.78 is 5.00. The van der Waals surface area contributed by atoms with Crippen molar-refractivity contribution in [2.75, 3.05) is 12.8 Å². The zero-order valence-electron chi connectivity index (χ0n) is 16.9. The molecule has 1 amide bonds. The van der Waals surface area contributed by atoms with Crippen LogP contribution < -0.4 is 5.32 Å². The van der Waals surface area contributed by atoms with Gasteiger partial charge in [0.15, 0.2) is 5.16 Å². The second kappa shape index (κ2) is 9.78. The molecule has 7 nitrogen and oxygen atoms in total. The van der Waals surface area contributed by atoms with E-state index in [1.165, 1.54) is 25.7 Å². The maximum atomic E-state index is 12.5. The largest absolute Gasteiger partial charge is 0.352 e. The Morgan fingerprint density at radius 1 is 1.23 bits per heavy atom. The molecule has 3 aromatic rings. The molecule has 2 heterocycles. The monoisotopic (exact) mass is 488 g/mol. The lowest BCUT2D eigenvalue weighted by Gasteiger charge is -2.16. The van der Waals surface area contributed by atoms with Gasteiger partial charge < -0.3 is 9.88 Å². The Balaban J connectivity index is 1.30. The van der Waals surface area contributed by atoms with Crippen molar-refractivity contribution in [2.45, 2.75) is 49.7 Å². The Morgan fingerprint density at radius 2 is 2.00 bits per heavy atom. The molecule has 4 rings (SSSR count). The third-order valence-electron chi connectivity index (χ3n) is 5.42. The van der Waals surface area contributed by atoms with E-state index in [-0.39, 0.29) is 5.91 Å². The highest BCUT2D eigenvalue weighted by molar-refractivity contribution is 9.10. The van der Waals surface area contributed by atoms with E-state index < -0.39 is 0 Å². The molecule has 1 fully saturated rings. The van der Waals surface area contributed by atoms with Crippen LogP contribution in [0.4, 0.5) is 0 Å². The first-order chi connectivity index (χ1) is 14.7. The van der Waals surface area contributed by atoms with Gasteiger partial charge in [0.2, 0.25) is 0 Å². The average Bonchev–Trinajstić information content (AvgIpc) is 3.51. The molecule has 0 unspecified atom stereocenters. The van der Waals surface area contributed by atoms with E-state index in [0.29, 0.717) is 18.2 Å². The Bertz CT molecular complexity index is 993. The van der Waals surface area contributed by atoms with Crippen molar-refractivity contribution in [3.05, 3.63) is 52.5 Å². The second-order valence-electron chi connectivity index (χ2n) is 7.42. The number of halogens is 1. The number of benzene rings is 1. The lowest BCUT2D eigenvalue weighted by Crippen LogP contribution is -2.25. The van der Waals surface area contributed by atoms with Gasteiger partial charge in [0.1, 0.15) is 5.82 Å². The van der Waals surface area contributed by atoms with Crippen LogP contribution in [0.5, 0.6) is 0 Å². The van der Waals surface area contributed by atoms with E-state index in [4.69, 9.17) is 0 Å². The SMILES string of the molecule is CSc1nnc(CCCNC(=O)c2ccc(-n3cc(Br)cn3)cc2)n1C1CCCC1. The molecule has 0 bridgehead atoms. The maximum absolute atomic E-state index is 12.5. The first kappa shape index (κ1) is 21.1. The molecular formula is C21H25BrN6OS. The molecule has 30 heavy (non-hydrogen) atoms. The van der Waals surface area contributed by atoms with Gasteiger partial charge in [-0.25, -0.2) is 4.68 Å². The van der Waals surface area contributed by atoms with Crippen molar-refractivity contribution >= 4 is 33.6 Å². The number of aryl methyl sites for hydroxylation is 1. The number of nitrogens with one attached hydrogen (secondary N) is 1. The summed E-state index contributed by atoms with van der Waals surface area (Å²) in [5.41, 5.74) is 1.55. The van der Waals surface area contributed by atoms with E-state index >= 15 is 0 Å². The number of carbonyl (C=O) groups is 1. The number of aromatic nitrogens is 5. The number of carbonyl (C=O) groups excluding carboxylic acids is 1. The number of thioether (sulfide) groups is 1. The Kier molecular flexibility index (Phi) is 6.89. The lowest BCUT2D eigenvalue weighted by atomic mass is 10.2. The summed E-state index contributed by atoms with van der Waals surface area (Å²) in [7, 11) is 0. The molecule has 1 N–H and O–H groups in total. The van der Waals surface area contributed by atoms with Gasteiger partial charge in [-0.05, 0) is 65.7 Å². The molecule has 1 aliphatic rings. The molecule has 2 aromatic heterocycles. The number of nitrogens with zero attached hydrogens (tertiary/aromatic N) is 5. The normalized spacial score (nSPS) is 14.3. The molecule has 158 valence electrons. The Morgan fingerprint density at radius 3 is 2.67 bits per heavy atom. The molecule has 0 saturated heterocycles. The molecule has 9 heteroatoms. The van der Waals surface area contributed by atoms with Gasteiger partial charge in [0, 0.05) is 30.8 Å². The number of hydrogen-bond donors (Lipinski definition) is 1.